The van der Waals surface area contributed by atoms with Crippen molar-refractivity contribution in [3.05, 3.63) is 88.9 Å². The quantitative estimate of drug-likeness (QED) is 0.321. The second-order valence-corrected chi connectivity index (χ2v) is 9.74. The number of aryl methyl sites for hydroxylation is 1. The molecule has 0 aliphatic carbocycles. The van der Waals surface area contributed by atoms with E-state index in [1.807, 2.05) is 26.0 Å². The van der Waals surface area contributed by atoms with Crippen molar-refractivity contribution in [1.29, 1.82) is 0 Å². The van der Waals surface area contributed by atoms with Gasteiger partial charge in [0.25, 0.3) is 15.9 Å². The summed E-state index contributed by atoms with van der Waals surface area (Å²) in [6.07, 6.45) is 2.39. The molecular weight excluding hydrogens is 474 g/mol. The molecule has 7 nitrogen and oxygen atoms in total. The van der Waals surface area contributed by atoms with Crippen molar-refractivity contribution < 1.29 is 17.9 Å². The highest BCUT2D eigenvalue weighted by Crippen LogP contribution is 2.27. The number of anilines is 1. The number of carbonyl (C=O) groups excluding carboxylic acids is 1. The minimum absolute atomic E-state index is 0.0633. The van der Waals surface area contributed by atoms with Crippen LogP contribution in [0, 0.1) is 6.92 Å². The van der Waals surface area contributed by atoms with Crippen LogP contribution >= 0.6 is 11.6 Å². The molecule has 0 radical (unpaired) electrons. The fourth-order valence-corrected chi connectivity index (χ4v) is 4.59. The number of amides is 1. The van der Waals surface area contributed by atoms with Gasteiger partial charge in [0, 0.05) is 5.02 Å². The minimum atomic E-state index is -4.02. The number of sulfonamides is 1. The van der Waals surface area contributed by atoms with Gasteiger partial charge >= 0.3 is 0 Å². The van der Waals surface area contributed by atoms with Crippen molar-refractivity contribution in [3.8, 4) is 5.75 Å². The Morgan fingerprint density at radius 3 is 2.44 bits per heavy atom. The summed E-state index contributed by atoms with van der Waals surface area (Å²) in [5, 5.41) is 4.35. The Kier molecular flexibility index (Phi) is 8.67. The Morgan fingerprint density at radius 1 is 1.09 bits per heavy atom. The maximum Gasteiger partial charge on any atom is 0.264 e. The van der Waals surface area contributed by atoms with Crippen molar-refractivity contribution in [3.63, 3.8) is 0 Å². The molecule has 3 aromatic rings. The SMILES string of the molecule is CCCOc1ccc(/C=N\NC(=O)CN(c2ccc(C)c(Cl)c2)S(=O)(=O)c2ccccc2)cc1. The maximum absolute atomic E-state index is 13.3. The van der Waals surface area contributed by atoms with Gasteiger partial charge in [-0.25, -0.2) is 13.8 Å². The van der Waals surface area contributed by atoms with Gasteiger partial charge in [0.2, 0.25) is 0 Å². The molecule has 0 spiro atoms. The number of benzene rings is 3. The highest BCUT2D eigenvalue weighted by Gasteiger charge is 2.27. The van der Waals surface area contributed by atoms with E-state index in [1.54, 1.807) is 42.5 Å². The smallest absolute Gasteiger partial charge is 0.264 e. The summed E-state index contributed by atoms with van der Waals surface area (Å²) >= 11 is 6.23. The lowest BCUT2D eigenvalue weighted by Gasteiger charge is -2.24. The van der Waals surface area contributed by atoms with E-state index in [-0.39, 0.29) is 10.6 Å². The molecule has 0 unspecified atom stereocenters. The van der Waals surface area contributed by atoms with Crippen LogP contribution in [0.15, 0.2) is 82.8 Å². The zero-order valence-corrected chi connectivity index (χ0v) is 20.5. The summed E-state index contributed by atoms with van der Waals surface area (Å²) < 4.78 is 33.2. The molecule has 0 bridgehead atoms. The van der Waals surface area contributed by atoms with E-state index in [9.17, 15) is 13.2 Å². The lowest BCUT2D eigenvalue weighted by molar-refractivity contribution is -0.119. The molecule has 0 aliphatic rings. The van der Waals surface area contributed by atoms with Gasteiger partial charge in [0.15, 0.2) is 0 Å². The number of rotatable bonds is 10. The normalized spacial score (nSPS) is 11.4. The van der Waals surface area contributed by atoms with E-state index >= 15 is 0 Å². The van der Waals surface area contributed by atoms with E-state index in [0.717, 1.165) is 27.6 Å². The van der Waals surface area contributed by atoms with Crippen LogP contribution < -0.4 is 14.5 Å². The van der Waals surface area contributed by atoms with Gasteiger partial charge in [-0.15, -0.1) is 0 Å². The average molecular weight is 500 g/mol. The van der Waals surface area contributed by atoms with Crippen LogP contribution in [0.4, 0.5) is 5.69 Å². The number of hydrogen-bond acceptors (Lipinski definition) is 5. The van der Waals surface area contributed by atoms with Crippen molar-refractivity contribution in [2.75, 3.05) is 17.5 Å². The second kappa shape index (κ2) is 11.7. The van der Waals surface area contributed by atoms with Crippen LogP contribution in [-0.2, 0) is 14.8 Å². The predicted molar refractivity (Wildman–Crippen MR) is 135 cm³/mol. The molecule has 9 heteroatoms. The Morgan fingerprint density at radius 2 is 1.79 bits per heavy atom. The minimum Gasteiger partial charge on any atom is -0.494 e. The third-order valence-electron chi connectivity index (χ3n) is 4.82. The van der Waals surface area contributed by atoms with Crippen LogP contribution in [0.1, 0.15) is 24.5 Å². The van der Waals surface area contributed by atoms with Gasteiger partial charge < -0.3 is 4.74 Å². The molecule has 0 atom stereocenters. The molecule has 0 fully saturated rings. The first-order valence-electron chi connectivity index (χ1n) is 10.7. The first-order valence-corrected chi connectivity index (χ1v) is 12.5. The molecule has 3 rings (SSSR count). The van der Waals surface area contributed by atoms with E-state index in [4.69, 9.17) is 16.3 Å². The summed E-state index contributed by atoms with van der Waals surface area (Å²) in [5.74, 6) is 0.150. The molecule has 0 saturated heterocycles. The molecule has 0 aliphatic heterocycles. The molecule has 0 saturated carbocycles. The van der Waals surface area contributed by atoms with Crippen LogP contribution in [0.5, 0.6) is 5.75 Å². The summed E-state index contributed by atoms with van der Waals surface area (Å²) in [4.78, 5) is 12.7. The summed E-state index contributed by atoms with van der Waals surface area (Å²) in [6.45, 7) is 4.01. The molecule has 178 valence electrons. The fourth-order valence-electron chi connectivity index (χ4n) is 2.99. The highest BCUT2D eigenvalue weighted by molar-refractivity contribution is 7.92. The second-order valence-electron chi connectivity index (χ2n) is 7.47. The lowest BCUT2D eigenvalue weighted by atomic mass is 10.2. The topological polar surface area (TPSA) is 88.1 Å². The number of nitrogens with one attached hydrogen (secondary N) is 1. The first kappa shape index (κ1) is 25.3. The Bertz CT molecular complexity index is 1250. The van der Waals surface area contributed by atoms with Crippen LogP contribution in [-0.4, -0.2) is 33.7 Å². The number of hydrogen-bond donors (Lipinski definition) is 1. The van der Waals surface area contributed by atoms with Gasteiger partial charge in [0.05, 0.1) is 23.4 Å². The largest absolute Gasteiger partial charge is 0.494 e. The van der Waals surface area contributed by atoms with Gasteiger partial charge in [-0.05, 0) is 73.0 Å². The first-order chi connectivity index (χ1) is 16.3. The zero-order valence-electron chi connectivity index (χ0n) is 18.9. The van der Waals surface area contributed by atoms with Gasteiger partial charge in [-0.1, -0.05) is 42.8 Å². The Labute approximate surface area is 205 Å². The number of halogens is 1. The van der Waals surface area contributed by atoms with E-state index < -0.39 is 22.5 Å². The fraction of sp³-hybridized carbons (Fsp3) is 0.200. The molecule has 1 amide bonds. The molecule has 34 heavy (non-hydrogen) atoms. The van der Waals surface area contributed by atoms with Gasteiger partial charge in [-0.2, -0.15) is 5.10 Å². The van der Waals surface area contributed by atoms with Gasteiger partial charge in [-0.3, -0.25) is 9.10 Å². The summed E-state index contributed by atoms with van der Waals surface area (Å²) in [5.41, 5.74) is 4.22. The monoisotopic (exact) mass is 499 g/mol. The summed E-state index contributed by atoms with van der Waals surface area (Å²) in [6, 6.07) is 20.0. The van der Waals surface area contributed by atoms with Crippen molar-refractivity contribution in [2.45, 2.75) is 25.2 Å². The van der Waals surface area contributed by atoms with Crippen LogP contribution in [0.25, 0.3) is 0 Å². The number of nitrogens with zero attached hydrogens (tertiary/aromatic N) is 2. The van der Waals surface area contributed by atoms with Crippen molar-refractivity contribution in [1.82, 2.24) is 5.43 Å². The van der Waals surface area contributed by atoms with E-state index in [0.29, 0.717) is 11.6 Å². The van der Waals surface area contributed by atoms with E-state index in [2.05, 4.69) is 10.5 Å². The Hall–Kier alpha value is -3.36. The standard InChI is InChI=1S/C25H26ClN3O4S/c1-3-15-33-22-13-10-20(11-14-22)17-27-28-25(30)18-29(21-12-9-19(2)24(26)16-21)34(31,32)23-7-5-4-6-8-23/h4-14,16-17H,3,15,18H2,1-2H3,(H,28,30)/b27-17-. The average Bonchev–Trinajstić information content (AvgIpc) is 2.84. The molecule has 0 heterocycles. The van der Waals surface area contributed by atoms with E-state index in [1.165, 1.54) is 24.4 Å². The summed E-state index contributed by atoms with van der Waals surface area (Å²) in [7, 11) is -4.02. The third-order valence-corrected chi connectivity index (χ3v) is 7.01. The van der Waals surface area contributed by atoms with Gasteiger partial charge in [0.1, 0.15) is 12.3 Å². The lowest BCUT2D eigenvalue weighted by Crippen LogP contribution is -2.39. The Balaban J connectivity index is 1.76. The maximum atomic E-state index is 13.3. The number of ether oxygens (including phenoxy) is 1. The van der Waals surface area contributed by atoms with Crippen LogP contribution in [0.3, 0.4) is 0 Å². The highest BCUT2D eigenvalue weighted by atomic mass is 35.5. The number of hydrazone groups is 1. The molecule has 3 aromatic carbocycles. The molecule has 1 N–H and O–H groups in total. The number of carbonyl (C=O) groups is 1. The zero-order chi connectivity index (χ0) is 24.6. The third kappa shape index (κ3) is 6.59. The van der Waals surface area contributed by atoms with Crippen molar-refractivity contribution in [2.24, 2.45) is 5.10 Å². The van der Waals surface area contributed by atoms with Crippen LogP contribution in [0.2, 0.25) is 5.02 Å². The predicted octanol–water partition coefficient (Wildman–Crippen LogP) is 4.78. The molecular formula is C25H26ClN3O4S. The van der Waals surface area contributed by atoms with Crippen molar-refractivity contribution >= 4 is 39.4 Å². The molecule has 0 aromatic heterocycles.